The highest BCUT2D eigenvalue weighted by Gasteiger charge is 2.25. The van der Waals surface area contributed by atoms with Gasteiger partial charge in [-0.2, -0.15) is 0 Å². The van der Waals surface area contributed by atoms with E-state index in [0.29, 0.717) is 6.04 Å². The number of hydrogen-bond acceptors (Lipinski definition) is 2. The van der Waals surface area contributed by atoms with Gasteiger partial charge in [0.2, 0.25) is 0 Å². The number of nitrogens with one attached hydrogen (secondary N) is 1. The Labute approximate surface area is 81.7 Å². The molecule has 0 aromatic carbocycles. The van der Waals surface area contributed by atoms with Crippen molar-refractivity contribution in [1.82, 2.24) is 5.32 Å². The van der Waals surface area contributed by atoms with E-state index in [0.717, 1.165) is 19.4 Å². The van der Waals surface area contributed by atoms with Crippen LogP contribution in [0.15, 0.2) is 0 Å². The van der Waals surface area contributed by atoms with E-state index in [9.17, 15) is 5.11 Å². The van der Waals surface area contributed by atoms with E-state index in [4.69, 9.17) is 0 Å². The molecule has 13 heavy (non-hydrogen) atoms. The van der Waals surface area contributed by atoms with Crippen LogP contribution in [0.2, 0.25) is 0 Å². The van der Waals surface area contributed by atoms with Crippen molar-refractivity contribution in [3.63, 3.8) is 0 Å². The summed E-state index contributed by atoms with van der Waals surface area (Å²) >= 11 is 0. The second kappa shape index (κ2) is 4.43. The van der Waals surface area contributed by atoms with Crippen LogP contribution in [-0.2, 0) is 0 Å². The zero-order valence-corrected chi connectivity index (χ0v) is 9.14. The van der Waals surface area contributed by atoms with E-state index in [1.165, 1.54) is 12.8 Å². The molecule has 2 nitrogen and oxygen atoms in total. The van der Waals surface area contributed by atoms with Gasteiger partial charge in [0.15, 0.2) is 0 Å². The molecule has 2 heteroatoms. The van der Waals surface area contributed by atoms with Gasteiger partial charge < -0.3 is 10.4 Å². The van der Waals surface area contributed by atoms with Crippen LogP contribution in [-0.4, -0.2) is 23.8 Å². The maximum atomic E-state index is 9.95. The fourth-order valence-electron chi connectivity index (χ4n) is 1.98. The van der Waals surface area contributed by atoms with Gasteiger partial charge in [-0.15, -0.1) is 0 Å². The predicted molar refractivity (Wildman–Crippen MR) is 55.7 cm³/mol. The number of aliphatic hydroxyl groups is 1. The Morgan fingerprint density at radius 1 is 1.38 bits per heavy atom. The second-order valence-corrected chi connectivity index (χ2v) is 5.39. The maximum Gasteiger partial charge on any atom is 0.0698 e. The SMILES string of the molecule is CC(C)(C)C[C@@H](O)[C@H]1CCCCN1. The number of rotatable bonds is 2. The molecule has 0 radical (unpaired) electrons. The highest BCUT2D eigenvalue weighted by atomic mass is 16.3. The highest BCUT2D eigenvalue weighted by molar-refractivity contribution is 4.82. The first-order valence-corrected chi connectivity index (χ1v) is 5.40. The van der Waals surface area contributed by atoms with Gasteiger partial charge in [0, 0.05) is 6.04 Å². The average Bonchev–Trinajstić information content (AvgIpc) is 2.03. The minimum Gasteiger partial charge on any atom is -0.391 e. The van der Waals surface area contributed by atoms with Crippen molar-refractivity contribution in [2.75, 3.05) is 6.54 Å². The molecular formula is C11H23NO. The molecule has 0 saturated carbocycles. The van der Waals surface area contributed by atoms with Crippen molar-refractivity contribution in [2.24, 2.45) is 5.41 Å². The largest absolute Gasteiger partial charge is 0.391 e. The van der Waals surface area contributed by atoms with Gasteiger partial charge in [0.1, 0.15) is 0 Å². The van der Waals surface area contributed by atoms with E-state index < -0.39 is 0 Å². The lowest BCUT2D eigenvalue weighted by atomic mass is 9.85. The Bertz CT molecular complexity index is 145. The summed E-state index contributed by atoms with van der Waals surface area (Å²) in [7, 11) is 0. The molecule has 0 aromatic heterocycles. The molecule has 0 bridgehead atoms. The Morgan fingerprint density at radius 2 is 2.08 bits per heavy atom. The molecule has 2 N–H and O–H groups in total. The van der Waals surface area contributed by atoms with Crippen molar-refractivity contribution in [3.05, 3.63) is 0 Å². The number of hydrogen-bond donors (Lipinski definition) is 2. The third-order valence-electron chi connectivity index (χ3n) is 2.63. The monoisotopic (exact) mass is 185 g/mol. The van der Waals surface area contributed by atoms with Crippen LogP contribution < -0.4 is 5.32 Å². The minimum atomic E-state index is -0.166. The molecule has 2 atom stereocenters. The zero-order valence-electron chi connectivity index (χ0n) is 9.14. The lowest BCUT2D eigenvalue weighted by Gasteiger charge is -2.31. The summed E-state index contributed by atoms with van der Waals surface area (Å²) < 4.78 is 0. The van der Waals surface area contributed by atoms with Crippen LogP contribution in [0.25, 0.3) is 0 Å². The molecule has 0 spiro atoms. The Balaban J connectivity index is 2.33. The van der Waals surface area contributed by atoms with Crippen molar-refractivity contribution >= 4 is 0 Å². The summed E-state index contributed by atoms with van der Waals surface area (Å²) in [6.45, 7) is 7.61. The smallest absolute Gasteiger partial charge is 0.0698 e. The topological polar surface area (TPSA) is 32.3 Å². The summed E-state index contributed by atoms with van der Waals surface area (Å²) in [4.78, 5) is 0. The van der Waals surface area contributed by atoms with Crippen molar-refractivity contribution in [2.45, 2.75) is 58.6 Å². The fraction of sp³-hybridized carbons (Fsp3) is 1.00. The number of piperidine rings is 1. The summed E-state index contributed by atoms with van der Waals surface area (Å²) in [5, 5.41) is 13.3. The molecule has 1 aliphatic heterocycles. The normalized spacial score (nSPS) is 27.2. The van der Waals surface area contributed by atoms with Gasteiger partial charge in [-0.1, -0.05) is 27.2 Å². The summed E-state index contributed by atoms with van der Waals surface area (Å²) in [5.74, 6) is 0. The van der Waals surface area contributed by atoms with Crippen molar-refractivity contribution in [1.29, 1.82) is 0 Å². The quantitative estimate of drug-likeness (QED) is 0.689. The van der Waals surface area contributed by atoms with Crippen LogP contribution in [0, 0.1) is 5.41 Å². The molecular weight excluding hydrogens is 162 g/mol. The first-order chi connectivity index (χ1) is 5.99. The predicted octanol–water partition coefficient (Wildman–Crippen LogP) is 1.93. The lowest BCUT2D eigenvalue weighted by Crippen LogP contribution is -2.44. The van der Waals surface area contributed by atoms with Crippen LogP contribution >= 0.6 is 0 Å². The van der Waals surface area contributed by atoms with Crippen LogP contribution in [0.5, 0.6) is 0 Å². The Hall–Kier alpha value is -0.0800. The maximum absolute atomic E-state index is 9.95. The van der Waals surface area contributed by atoms with E-state index in [2.05, 4.69) is 26.1 Å². The third kappa shape index (κ3) is 4.10. The van der Waals surface area contributed by atoms with Gasteiger partial charge in [0.25, 0.3) is 0 Å². The minimum absolute atomic E-state index is 0.166. The molecule has 0 aromatic rings. The molecule has 1 aliphatic rings. The lowest BCUT2D eigenvalue weighted by molar-refractivity contribution is 0.0730. The van der Waals surface area contributed by atoms with Gasteiger partial charge in [0.05, 0.1) is 6.10 Å². The standard InChI is InChI=1S/C11H23NO/c1-11(2,3)8-10(13)9-6-4-5-7-12-9/h9-10,12-13H,4-8H2,1-3H3/t9-,10-/m1/s1. The van der Waals surface area contributed by atoms with Crippen LogP contribution in [0.3, 0.4) is 0 Å². The van der Waals surface area contributed by atoms with Crippen LogP contribution in [0.4, 0.5) is 0 Å². The molecule has 1 rings (SSSR count). The summed E-state index contributed by atoms with van der Waals surface area (Å²) in [6.07, 6.45) is 4.39. The van der Waals surface area contributed by atoms with Crippen molar-refractivity contribution in [3.8, 4) is 0 Å². The van der Waals surface area contributed by atoms with E-state index in [-0.39, 0.29) is 11.5 Å². The Morgan fingerprint density at radius 3 is 2.54 bits per heavy atom. The molecule has 78 valence electrons. The van der Waals surface area contributed by atoms with E-state index >= 15 is 0 Å². The molecule has 1 saturated heterocycles. The van der Waals surface area contributed by atoms with Gasteiger partial charge in [-0.05, 0) is 31.2 Å². The fourth-order valence-corrected chi connectivity index (χ4v) is 1.98. The summed E-state index contributed by atoms with van der Waals surface area (Å²) in [6, 6.07) is 0.341. The molecule has 0 aliphatic carbocycles. The molecule has 1 fully saturated rings. The van der Waals surface area contributed by atoms with Gasteiger partial charge in [-0.25, -0.2) is 0 Å². The van der Waals surface area contributed by atoms with Gasteiger partial charge >= 0.3 is 0 Å². The van der Waals surface area contributed by atoms with E-state index in [1.807, 2.05) is 0 Å². The average molecular weight is 185 g/mol. The van der Waals surface area contributed by atoms with Gasteiger partial charge in [-0.3, -0.25) is 0 Å². The number of aliphatic hydroxyl groups excluding tert-OH is 1. The molecule has 0 unspecified atom stereocenters. The zero-order chi connectivity index (χ0) is 9.90. The molecule has 0 amide bonds. The van der Waals surface area contributed by atoms with E-state index in [1.54, 1.807) is 0 Å². The second-order valence-electron chi connectivity index (χ2n) is 5.39. The third-order valence-corrected chi connectivity index (χ3v) is 2.63. The molecule has 1 heterocycles. The highest BCUT2D eigenvalue weighted by Crippen LogP contribution is 2.24. The van der Waals surface area contributed by atoms with Crippen LogP contribution in [0.1, 0.15) is 46.5 Å². The first-order valence-electron chi connectivity index (χ1n) is 5.40. The first kappa shape index (κ1) is 11.0. The Kier molecular flexibility index (Phi) is 3.74. The van der Waals surface area contributed by atoms with Crippen molar-refractivity contribution < 1.29 is 5.11 Å². The summed E-state index contributed by atoms with van der Waals surface area (Å²) in [5.41, 5.74) is 0.235.